The molecule has 1 fully saturated rings. The summed E-state index contributed by atoms with van der Waals surface area (Å²) in [5.41, 5.74) is 0.328. The number of rotatable bonds is 6. The van der Waals surface area contributed by atoms with E-state index in [9.17, 15) is 22.8 Å². The Bertz CT molecular complexity index is 646. The van der Waals surface area contributed by atoms with Gasteiger partial charge in [-0.25, -0.2) is 18.0 Å². The molecule has 0 spiro atoms. The van der Waals surface area contributed by atoms with Gasteiger partial charge in [-0.2, -0.15) is 5.48 Å². The van der Waals surface area contributed by atoms with Crippen molar-refractivity contribution >= 4 is 11.8 Å². The van der Waals surface area contributed by atoms with Crippen LogP contribution in [0, 0.1) is 17.5 Å². The third-order valence-corrected chi connectivity index (χ3v) is 4.26. The molecule has 1 saturated heterocycles. The molecule has 132 valence electrons. The number of halogens is 3. The number of carbonyl (C=O) groups is 2. The van der Waals surface area contributed by atoms with E-state index in [4.69, 9.17) is 4.84 Å². The Morgan fingerprint density at radius 1 is 1.29 bits per heavy atom. The van der Waals surface area contributed by atoms with Gasteiger partial charge in [-0.15, -0.1) is 0 Å². The number of ketones is 1. The minimum absolute atomic E-state index is 0.122. The van der Waals surface area contributed by atoms with Crippen molar-refractivity contribution in [3.05, 3.63) is 35.1 Å². The molecule has 1 heterocycles. The molecule has 1 aromatic rings. The summed E-state index contributed by atoms with van der Waals surface area (Å²) in [5, 5.41) is 2.83. The summed E-state index contributed by atoms with van der Waals surface area (Å²) in [5.74, 6) is -6.15. The lowest BCUT2D eigenvalue weighted by Gasteiger charge is -2.29. The number of Topliss-reactive ketones (excluding diaryl/α,β-unsaturated/α-hetero) is 1. The maximum absolute atomic E-state index is 14.1. The Kier molecular flexibility index (Phi) is 5.61. The molecule has 24 heavy (non-hydrogen) atoms. The van der Waals surface area contributed by atoms with Crippen LogP contribution in [0.15, 0.2) is 12.1 Å². The largest absolute Gasteiger partial charge is 0.369 e. The van der Waals surface area contributed by atoms with E-state index >= 15 is 0 Å². The van der Waals surface area contributed by atoms with E-state index in [-0.39, 0.29) is 18.4 Å². The molecule has 5 nitrogen and oxygen atoms in total. The van der Waals surface area contributed by atoms with Crippen LogP contribution in [0.5, 0.6) is 0 Å². The van der Waals surface area contributed by atoms with Crippen molar-refractivity contribution in [2.75, 3.05) is 13.6 Å². The predicted octanol–water partition coefficient (Wildman–Crippen LogP) is 1.97. The highest BCUT2D eigenvalue weighted by molar-refractivity contribution is 6.11. The molecular formula is C16H19F3N2O3. The summed E-state index contributed by atoms with van der Waals surface area (Å²) in [6, 6.07) is 1.07. The van der Waals surface area contributed by atoms with Gasteiger partial charge in [0, 0.05) is 24.6 Å². The molecule has 0 bridgehead atoms. The van der Waals surface area contributed by atoms with Crippen molar-refractivity contribution in [2.24, 2.45) is 0 Å². The Hall–Kier alpha value is -1.93. The molecule has 0 aromatic heterocycles. The molecule has 1 aromatic carbocycles. The number of benzene rings is 1. The van der Waals surface area contributed by atoms with Gasteiger partial charge >= 0.3 is 5.97 Å². The quantitative estimate of drug-likeness (QED) is 0.469. The Labute approximate surface area is 137 Å². The van der Waals surface area contributed by atoms with Gasteiger partial charge in [0.25, 0.3) is 0 Å². The summed E-state index contributed by atoms with van der Waals surface area (Å²) < 4.78 is 40.7. The maximum Gasteiger partial charge on any atom is 0.352 e. The summed E-state index contributed by atoms with van der Waals surface area (Å²) >= 11 is 0. The van der Waals surface area contributed by atoms with Crippen LogP contribution in [-0.2, 0) is 14.4 Å². The van der Waals surface area contributed by atoms with E-state index < -0.39 is 40.7 Å². The summed E-state index contributed by atoms with van der Waals surface area (Å²) in [6.07, 6.45) is 0.868. The zero-order valence-electron chi connectivity index (χ0n) is 13.4. The molecule has 1 unspecified atom stereocenters. The second-order valence-electron chi connectivity index (χ2n) is 5.64. The molecular weight excluding hydrogens is 325 g/mol. The van der Waals surface area contributed by atoms with Crippen LogP contribution in [0.1, 0.15) is 37.7 Å². The lowest BCUT2D eigenvalue weighted by atomic mass is 9.79. The van der Waals surface area contributed by atoms with Crippen molar-refractivity contribution in [3.8, 4) is 0 Å². The molecule has 2 atom stereocenters. The smallest absolute Gasteiger partial charge is 0.352 e. The fraction of sp³-hybridized carbons (Fsp3) is 0.500. The highest BCUT2D eigenvalue weighted by atomic mass is 19.2. The number of hydrogen-bond acceptors (Lipinski definition) is 5. The normalized spacial score (nSPS) is 21.5. The van der Waals surface area contributed by atoms with Gasteiger partial charge in [-0.1, -0.05) is 6.92 Å². The first-order valence-electron chi connectivity index (χ1n) is 7.69. The Morgan fingerprint density at radius 3 is 2.50 bits per heavy atom. The molecule has 2 N–H and O–H groups in total. The van der Waals surface area contributed by atoms with Gasteiger partial charge in [-0.05, 0) is 31.9 Å². The van der Waals surface area contributed by atoms with Crippen molar-refractivity contribution < 1.29 is 27.6 Å². The van der Waals surface area contributed by atoms with Gasteiger partial charge < -0.3 is 4.84 Å². The maximum atomic E-state index is 14.1. The first-order chi connectivity index (χ1) is 11.4. The van der Waals surface area contributed by atoms with E-state index in [0.29, 0.717) is 25.1 Å². The fourth-order valence-corrected chi connectivity index (χ4v) is 3.06. The summed E-state index contributed by atoms with van der Waals surface area (Å²) in [4.78, 5) is 30.0. The number of nitrogens with one attached hydrogen (secondary N) is 2. The Balaban J connectivity index is 2.44. The van der Waals surface area contributed by atoms with Crippen LogP contribution >= 0.6 is 0 Å². The van der Waals surface area contributed by atoms with Crippen molar-refractivity contribution in [1.82, 2.24) is 10.8 Å². The molecule has 0 aliphatic carbocycles. The zero-order chi connectivity index (χ0) is 17.9. The minimum atomic E-state index is -1.62. The van der Waals surface area contributed by atoms with E-state index in [1.54, 1.807) is 6.92 Å². The van der Waals surface area contributed by atoms with Crippen LogP contribution in [-0.4, -0.2) is 30.9 Å². The van der Waals surface area contributed by atoms with E-state index in [1.807, 2.05) is 0 Å². The third kappa shape index (κ3) is 3.16. The molecule has 0 saturated carbocycles. The molecule has 1 aliphatic heterocycles. The second kappa shape index (κ2) is 7.31. The standard InChI is InChI=1S/C16H19F3N2O3/c1-3-9(10-7-12(18)13(19)8-11(10)17)14(22)16(5-4-6-21-16)15(23)24-20-2/h7-9,20-21H,3-6H2,1-2H3/t9?,16-/m1/s1. The number of hydroxylamine groups is 1. The van der Waals surface area contributed by atoms with Gasteiger partial charge in [0.2, 0.25) is 0 Å². The van der Waals surface area contributed by atoms with Crippen LogP contribution in [0.2, 0.25) is 0 Å². The molecule has 1 aliphatic rings. The summed E-state index contributed by atoms with van der Waals surface area (Å²) in [7, 11) is 1.37. The fourth-order valence-electron chi connectivity index (χ4n) is 3.06. The second-order valence-corrected chi connectivity index (χ2v) is 5.64. The molecule has 2 rings (SSSR count). The lowest BCUT2D eigenvalue weighted by Crippen LogP contribution is -2.57. The topological polar surface area (TPSA) is 67.4 Å². The van der Waals surface area contributed by atoms with Gasteiger partial charge in [-0.3, -0.25) is 10.1 Å². The number of carbonyl (C=O) groups excluding carboxylic acids is 2. The monoisotopic (exact) mass is 344 g/mol. The van der Waals surface area contributed by atoms with Gasteiger partial charge in [0.1, 0.15) is 5.82 Å². The SMILES string of the molecule is CCC(C(=O)[C@@]1(C(=O)ONC)CCCN1)c1cc(F)c(F)cc1F. The predicted molar refractivity (Wildman–Crippen MR) is 79.5 cm³/mol. The molecule has 0 amide bonds. The van der Waals surface area contributed by atoms with Crippen LogP contribution in [0.25, 0.3) is 0 Å². The average Bonchev–Trinajstić information content (AvgIpc) is 3.04. The number of hydrogen-bond donors (Lipinski definition) is 2. The molecule has 0 radical (unpaired) electrons. The van der Waals surface area contributed by atoms with Crippen LogP contribution in [0.3, 0.4) is 0 Å². The van der Waals surface area contributed by atoms with Crippen molar-refractivity contribution in [2.45, 2.75) is 37.6 Å². The minimum Gasteiger partial charge on any atom is -0.369 e. The highest BCUT2D eigenvalue weighted by Gasteiger charge is 2.52. The third-order valence-electron chi connectivity index (χ3n) is 4.26. The van der Waals surface area contributed by atoms with Crippen molar-refractivity contribution in [1.29, 1.82) is 0 Å². The first kappa shape index (κ1) is 18.4. The Morgan fingerprint density at radius 2 is 1.96 bits per heavy atom. The molecule has 8 heteroatoms. The highest BCUT2D eigenvalue weighted by Crippen LogP contribution is 2.33. The summed E-state index contributed by atoms with van der Waals surface area (Å²) in [6.45, 7) is 2.02. The van der Waals surface area contributed by atoms with Gasteiger partial charge in [0.05, 0.1) is 0 Å². The zero-order valence-corrected chi connectivity index (χ0v) is 13.4. The van der Waals surface area contributed by atoms with Gasteiger partial charge in [0.15, 0.2) is 23.0 Å². The van der Waals surface area contributed by atoms with E-state index in [2.05, 4.69) is 10.8 Å². The van der Waals surface area contributed by atoms with E-state index in [0.717, 1.165) is 0 Å². The first-order valence-corrected chi connectivity index (χ1v) is 7.69. The van der Waals surface area contributed by atoms with Crippen molar-refractivity contribution in [3.63, 3.8) is 0 Å². The lowest BCUT2D eigenvalue weighted by molar-refractivity contribution is -0.161. The van der Waals surface area contributed by atoms with Crippen LogP contribution in [0.4, 0.5) is 13.2 Å². The average molecular weight is 344 g/mol. The van der Waals surface area contributed by atoms with Crippen LogP contribution < -0.4 is 10.8 Å². The van der Waals surface area contributed by atoms with E-state index in [1.165, 1.54) is 7.05 Å².